The number of nitrogens with zero attached hydrogens (tertiary/aromatic N) is 1. The molecule has 0 spiro atoms. The molecule has 5 nitrogen and oxygen atoms in total. The lowest BCUT2D eigenvalue weighted by Gasteiger charge is -2.31. The Morgan fingerprint density at radius 1 is 1.33 bits per heavy atom. The van der Waals surface area contributed by atoms with Crippen LogP contribution in [0.25, 0.3) is 0 Å². The van der Waals surface area contributed by atoms with Crippen molar-refractivity contribution in [1.29, 1.82) is 0 Å². The van der Waals surface area contributed by atoms with E-state index in [1.165, 1.54) is 0 Å². The summed E-state index contributed by atoms with van der Waals surface area (Å²) in [5.41, 5.74) is 2.02. The summed E-state index contributed by atoms with van der Waals surface area (Å²) in [4.78, 5) is 2.07. The van der Waals surface area contributed by atoms with E-state index in [9.17, 15) is 8.42 Å². The molecule has 1 aromatic carbocycles. The molecular weight excluding hydrogens is 312 g/mol. The van der Waals surface area contributed by atoms with Crippen LogP contribution in [0.2, 0.25) is 5.02 Å². The van der Waals surface area contributed by atoms with Gasteiger partial charge in [0, 0.05) is 33.3 Å². The average molecular weight is 333 g/mol. The fourth-order valence-electron chi connectivity index (χ4n) is 2.39. The van der Waals surface area contributed by atoms with Gasteiger partial charge >= 0.3 is 0 Å². The lowest BCUT2D eigenvalue weighted by molar-refractivity contribution is 0.199. The molecule has 0 bridgehead atoms. The fourth-order valence-corrected chi connectivity index (χ4v) is 3.90. The van der Waals surface area contributed by atoms with Gasteiger partial charge in [-0.25, -0.2) is 8.42 Å². The van der Waals surface area contributed by atoms with Crippen molar-refractivity contribution >= 4 is 27.1 Å². The smallest absolute Gasteiger partial charge is 0.153 e. The molecule has 0 aromatic heterocycles. The molecule has 1 aromatic rings. The van der Waals surface area contributed by atoms with Gasteiger partial charge in [0.25, 0.3) is 0 Å². The van der Waals surface area contributed by atoms with E-state index < -0.39 is 9.84 Å². The molecule has 1 saturated heterocycles. The third-order valence-electron chi connectivity index (χ3n) is 3.53. The predicted molar refractivity (Wildman–Crippen MR) is 85.9 cm³/mol. The van der Waals surface area contributed by atoms with E-state index in [0.717, 1.165) is 17.8 Å². The monoisotopic (exact) mass is 332 g/mol. The summed E-state index contributed by atoms with van der Waals surface area (Å²) in [6, 6.07) is 5.78. The summed E-state index contributed by atoms with van der Waals surface area (Å²) >= 11 is 6.33. The summed E-state index contributed by atoms with van der Waals surface area (Å²) in [6.07, 6.45) is 0. The highest BCUT2D eigenvalue weighted by Gasteiger charge is 2.24. The maximum absolute atomic E-state index is 11.6. The zero-order valence-electron chi connectivity index (χ0n) is 12.1. The maximum Gasteiger partial charge on any atom is 0.153 e. The van der Waals surface area contributed by atoms with Crippen LogP contribution in [0.5, 0.6) is 0 Å². The predicted octanol–water partition coefficient (Wildman–Crippen LogP) is 1.31. The molecule has 21 heavy (non-hydrogen) atoms. The van der Waals surface area contributed by atoms with Gasteiger partial charge in [-0.15, -0.1) is 0 Å². The number of hydrogen-bond donors (Lipinski definition) is 1. The van der Waals surface area contributed by atoms with E-state index in [2.05, 4.69) is 10.2 Å². The van der Waals surface area contributed by atoms with Crippen molar-refractivity contribution in [3.8, 4) is 0 Å². The topological polar surface area (TPSA) is 58.6 Å². The lowest BCUT2D eigenvalue weighted by atomic mass is 10.1. The van der Waals surface area contributed by atoms with Gasteiger partial charge in [0.1, 0.15) is 0 Å². The lowest BCUT2D eigenvalue weighted by Crippen LogP contribution is -2.41. The summed E-state index contributed by atoms with van der Waals surface area (Å²) in [5.74, 6) is 0.379. The van der Waals surface area contributed by atoms with Crippen LogP contribution >= 0.6 is 11.6 Å². The minimum absolute atomic E-state index is 0.189. The minimum atomic E-state index is -2.89. The Labute approximate surface area is 131 Å². The van der Waals surface area contributed by atoms with E-state index in [1.54, 1.807) is 7.11 Å². The molecule has 118 valence electrons. The largest absolute Gasteiger partial charge is 0.383 e. The average Bonchev–Trinajstić information content (AvgIpc) is 2.45. The van der Waals surface area contributed by atoms with Crippen molar-refractivity contribution in [1.82, 2.24) is 5.32 Å². The minimum Gasteiger partial charge on any atom is -0.383 e. The van der Waals surface area contributed by atoms with Crippen LogP contribution in [0, 0.1) is 0 Å². The summed E-state index contributed by atoms with van der Waals surface area (Å²) in [5, 5.41) is 3.96. The zero-order chi connectivity index (χ0) is 15.3. The Kier molecular flexibility index (Phi) is 5.87. The molecule has 0 radical (unpaired) electrons. The van der Waals surface area contributed by atoms with E-state index in [4.69, 9.17) is 16.3 Å². The molecule has 1 aliphatic heterocycles. The number of methoxy groups -OCH3 is 1. The van der Waals surface area contributed by atoms with Gasteiger partial charge in [-0.05, 0) is 11.6 Å². The molecule has 0 atom stereocenters. The second-order valence-electron chi connectivity index (χ2n) is 5.06. The standard InChI is InChI=1S/C14H21ClN2O3S/c1-20-8-5-16-11-12-3-2-4-13(15)14(12)17-6-9-21(18,19)10-7-17/h2-4,16H,5-11H2,1H3. The third kappa shape index (κ3) is 4.57. The Balaban J connectivity index is 2.10. The second-order valence-corrected chi connectivity index (χ2v) is 7.77. The van der Waals surface area contributed by atoms with Gasteiger partial charge in [-0.3, -0.25) is 0 Å². The number of sulfone groups is 1. The van der Waals surface area contributed by atoms with Gasteiger partial charge in [-0.2, -0.15) is 0 Å². The highest BCUT2D eigenvalue weighted by atomic mass is 35.5. The number of nitrogens with one attached hydrogen (secondary N) is 1. The van der Waals surface area contributed by atoms with Crippen LogP contribution in [-0.4, -0.2) is 53.3 Å². The van der Waals surface area contributed by atoms with Crippen LogP contribution in [0.3, 0.4) is 0 Å². The van der Waals surface area contributed by atoms with Gasteiger partial charge in [-0.1, -0.05) is 23.7 Å². The van der Waals surface area contributed by atoms with Gasteiger partial charge in [0.05, 0.1) is 28.8 Å². The van der Waals surface area contributed by atoms with Crippen molar-refractivity contribution in [2.45, 2.75) is 6.54 Å². The third-order valence-corrected chi connectivity index (χ3v) is 5.44. The molecule has 0 amide bonds. The van der Waals surface area contributed by atoms with Crippen LogP contribution < -0.4 is 10.2 Å². The molecule has 1 heterocycles. The number of para-hydroxylation sites is 1. The molecule has 2 rings (SSSR count). The number of ether oxygens (including phenoxy) is 1. The molecule has 0 saturated carbocycles. The van der Waals surface area contributed by atoms with E-state index in [-0.39, 0.29) is 11.5 Å². The van der Waals surface area contributed by atoms with Crippen LogP contribution in [0.1, 0.15) is 5.56 Å². The van der Waals surface area contributed by atoms with Crippen LogP contribution in [-0.2, 0) is 21.1 Å². The van der Waals surface area contributed by atoms with E-state index in [0.29, 0.717) is 31.3 Å². The number of rotatable bonds is 6. The van der Waals surface area contributed by atoms with Gasteiger partial charge in [0.15, 0.2) is 9.84 Å². The van der Waals surface area contributed by atoms with Gasteiger partial charge in [0.2, 0.25) is 0 Å². The highest BCUT2D eigenvalue weighted by molar-refractivity contribution is 7.91. The Bertz CT molecular complexity index is 564. The fraction of sp³-hybridized carbons (Fsp3) is 0.571. The maximum atomic E-state index is 11.6. The van der Waals surface area contributed by atoms with E-state index >= 15 is 0 Å². The SMILES string of the molecule is COCCNCc1cccc(Cl)c1N1CCS(=O)(=O)CC1. The molecule has 1 aliphatic rings. The van der Waals surface area contributed by atoms with E-state index in [1.807, 2.05) is 18.2 Å². The van der Waals surface area contributed by atoms with Crippen molar-refractivity contribution in [3.05, 3.63) is 28.8 Å². The molecule has 0 unspecified atom stereocenters. The van der Waals surface area contributed by atoms with Gasteiger partial charge < -0.3 is 15.0 Å². The second kappa shape index (κ2) is 7.45. The first kappa shape index (κ1) is 16.5. The quantitative estimate of drug-likeness (QED) is 0.796. The molecule has 7 heteroatoms. The van der Waals surface area contributed by atoms with Crippen LogP contribution in [0.15, 0.2) is 18.2 Å². The Morgan fingerprint density at radius 3 is 2.71 bits per heavy atom. The molecular formula is C14H21ClN2O3S. The Hall–Kier alpha value is -0.820. The Morgan fingerprint density at radius 2 is 2.05 bits per heavy atom. The normalized spacial score (nSPS) is 17.9. The number of halogens is 1. The van der Waals surface area contributed by atoms with Crippen molar-refractivity contribution < 1.29 is 13.2 Å². The van der Waals surface area contributed by atoms with Crippen molar-refractivity contribution in [3.63, 3.8) is 0 Å². The molecule has 1 N–H and O–H groups in total. The first-order valence-electron chi connectivity index (χ1n) is 6.96. The zero-order valence-corrected chi connectivity index (χ0v) is 13.7. The van der Waals surface area contributed by atoms with Crippen LogP contribution in [0.4, 0.5) is 5.69 Å². The summed E-state index contributed by atoms with van der Waals surface area (Å²) < 4.78 is 28.1. The number of hydrogen-bond acceptors (Lipinski definition) is 5. The van der Waals surface area contributed by atoms with Crippen molar-refractivity contribution in [2.24, 2.45) is 0 Å². The first-order chi connectivity index (χ1) is 10.0. The molecule has 1 fully saturated rings. The molecule has 0 aliphatic carbocycles. The number of anilines is 1. The number of benzene rings is 1. The summed E-state index contributed by atoms with van der Waals surface area (Å²) in [6.45, 7) is 3.09. The highest BCUT2D eigenvalue weighted by Crippen LogP contribution is 2.31. The first-order valence-corrected chi connectivity index (χ1v) is 9.16. The van der Waals surface area contributed by atoms with Crippen molar-refractivity contribution in [2.75, 3.05) is 49.8 Å². The summed E-state index contributed by atoms with van der Waals surface area (Å²) in [7, 11) is -1.22.